The van der Waals surface area contributed by atoms with Crippen LogP contribution < -0.4 is 84.9 Å². The Bertz CT molecular complexity index is 3610. The number of rotatable bonds is 23. The van der Waals surface area contributed by atoms with E-state index in [9.17, 15) is 14.7 Å². The van der Waals surface area contributed by atoms with Crippen molar-refractivity contribution in [2.75, 3.05) is 71.0 Å². The molecule has 8 aromatic carbocycles. The first-order valence-corrected chi connectivity index (χ1v) is 27.6. The molecule has 0 saturated heterocycles. The molecule has 0 fully saturated rings. The number of aliphatic carboxylic acids is 1. The largest absolute Gasteiger partial charge is 1.00 e. The van der Waals surface area contributed by atoms with E-state index in [1.54, 1.807) is 68.0 Å². The van der Waals surface area contributed by atoms with Gasteiger partial charge in [0.25, 0.3) is 5.91 Å². The molecule has 0 N–H and O–H groups in total. The molecule has 0 aliphatic rings. The van der Waals surface area contributed by atoms with E-state index in [1.807, 2.05) is 174 Å². The van der Waals surface area contributed by atoms with E-state index >= 15 is 0 Å². The molecule has 446 valence electrons. The first-order valence-electron chi connectivity index (χ1n) is 27.6. The number of hydroxylamine groups is 2. The van der Waals surface area contributed by atoms with E-state index in [4.69, 9.17) is 52.9 Å². The molecule has 10 aromatic rings. The number of methoxy groups -OCH3 is 8. The van der Waals surface area contributed by atoms with Crippen LogP contribution in [-0.2, 0) is 35.0 Å². The monoisotopic (exact) mass is 1210 g/mol. The van der Waals surface area contributed by atoms with Crippen molar-refractivity contribution in [2.45, 2.75) is 23.3 Å². The first-order chi connectivity index (χ1) is 42.3. The van der Waals surface area contributed by atoms with Crippen LogP contribution in [0.2, 0.25) is 0 Å². The molecule has 0 bridgehead atoms. The Labute approximate surface area is 555 Å². The molecular formula is C70H68KN5O12. The van der Waals surface area contributed by atoms with Gasteiger partial charge in [-0.15, -0.1) is 0 Å². The van der Waals surface area contributed by atoms with Crippen LogP contribution in [0.4, 0.5) is 0 Å². The third-order valence-electron chi connectivity index (χ3n) is 15.5. The van der Waals surface area contributed by atoms with Crippen LogP contribution in [0.5, 0.6) is 34.5 Å². The van der Waals surface area contributed by atoms with Crippen LogP contribution >= 0.6 is 0 Å². The molecule has 10 rings (SSSR count). The predicted octanol–water partition coefficient (Wildman–Crippen LogP) is 7.98. The van der Waals surface area contributed by atoms with Crippen molar-refractivity contribution in [3.63, 3.8) is 0 Å². The molecule has 0 spiro atoms. The van der Waals surface area contributed by atoms with E-state index in [0.717, 1.165) is 95.2 Å². The SMILES string of the molecule is COc1ccc(C(c2ccc(OC)cc2)(c2ccc(OC)cc2)n2cc(-c3ccc(C(OC)C(=O)N(C)OC)cc3)cn2)cc1.COc1ccc(C(c2ccc(OC)cc2)(c2ccc(OC)cc2)n2cc(-c3ccc(C(OC)C(=O)[O-])cc3)cn2)cc1.[K+]. The van der Waals surface area contributed by atoms with Gasteiger partial charge in [-0.1, -0.05) is 121 Å². The average Bonchev–Trinajstić information content (AvgIpc) is 1.32. The molecule has 2 unspecified atom stereocenters. The van der Waals surface area contributed by atoms with E-state index in [0.29, 0.717) is 11.1 Å². The molecule has 1 amide bonds. The summed E-state index contributed by atoms with van der Waals surface area (Å²) < 4.78 is 47.4. The van der Waals surface area contributed by atoms with Gasteiger partial charge in [0.15, 0.2) is 6.10 Å². The minimum Gasteiger partial charge on any atom is -0.547 e. The fourth-order valence-electron chi connectivity index (χ4n) is 10.8. The Balaban J connectivity index is 0.000000226. The van der Waals surface area contributed by atoms with Crippen LogP contribution in [-0.4, -0.2) is 108 Å². The maximum Gasteiger partial charge on any atom is 1.00 e. The number of aromatic nitrogens is 4. The molecule has 2 heterocycles. The first kappa shape index (κ1) is 65.4. The summed E-state index contributed by atoms with van der Waals surface area (Å²) in [6.45, 7) is 0. The number of nitrogens with zero attached hydrogens (tertiary/aromatic N) is 5. The zero-order valence-electron chi connectivity index (χ0n) is 51.1. The van der Waals surface area contributed by atoms with Crippen LogP contribution in [0, 0.1) is 0 Å². The molecule has 0 aliphatic heterocycles. The van der Waals surface area contributed by atoms with Gasteiger partial charge in [0, 0.05) is 44.8 Å². The standard InChI is InChI=1S/C36H37N3O6.C34H32N2O6.K/c1-38(45-6)35(40)34(44-5)26-9-7-25(8-10-26)27-23-37-39(24-27)36(28-11-17-31(41-2)18-12-28,29-13-19-32(42-3)20-14-29)30-15-21-33(43-4)22-16-30;1-39-29-15-9-26(10-16-29)34(27-11-17-30(40-2)18-12-27,28-13-19-31(41-3)20-14-28)36-22-25(21-35-36)23-5-7-24(8-6-23)32(42-4)33(37)38;/h7-24,34H,1-6H3;5-22,32H,1-4H3,(H,37,38);/q;;+1/p-1. The number of likely N-dealkylation sites (N-methyl/N-ethyl adjacent to an activating group) is 1. The third kappa shape index (κ3) is 13.4. The van der Waals surface area contributed by atoms with Crippen LogP contribution in [0.3, 0.4) is 0 Å². The number of carboxylic acid groups (broad SMARTS) is 1. The zero-order chi connectivity index (χ0) is 61.7. The Morgan fingerprint density at radius 1 is 0.386 bits per heavy atom. The molecule has 2 aromatic heterocycles. The summed E-state index contributed by atoms with van der Waals surface area (Å²) in [4.78, 5) is 29.3. The van der Waals surface area contributed by atoms with Crippen LogP contribution in [0.25, 0.3) is 22.3 Å². The molecule has 18 heteroatoms. The van der Waals surface area contributed by atoms with Gasteiger partial charge in [-0.05, 0) is 128 Å². The van der Waals surface area contributed by atoms with Crippen molar-refractivity contribution in [1.82, 2.24) is 24.6 Å². The predicted molar refractivity (Wildman–Crippen MR) is 328 cm³/mol. The van der Waals surface area contributed by atoms with Gasteiger partial charge in [-0.25, -0.2) is 5.06 Å². The topological polar surface area (TPSA) is 179 Å². The fourth-order valence-corrected chi connectivity index (χ4v) is 10.8. The summed E-state index contributed by atoms with van der Waals surface area (Å²) in [7, 11) is 15.7. The number of carboxylic acids is 1. The smallest absolute Gasteiger partial charge is 0.547 e. The van der Waals surface area contributed by atoms with Crippen LogP contribution in [0.1, 0.15) is 56.7 Å². The van der Waals surface area contributed by atoms with E-state index in [-0.39, 0.29) is 57.3 Å². The zero-order valence-corrected chi connectivity index (χ0v) is 54.2. The summed E-state index contributed by atoms with van der Waals surface area (Å²) in [5.41, 5.74) is 8.81. The Hall–Kier alpha value is -8.56. The molecular weight excluding hydrogens is 1140 g/mol. The number of benzene rings is 8. The van der Waals surface area contributed by atoms with Gasteiger partial charge in [0.2, 0.25) is 0 Å². The fraction of sp³-hybridized carbons (Fsp3) is 0.200. The molecule has 17 nitrogen and oxygen atoms in total. The van der Waals surface area contributed by atoms with Gasteiger partial charge in [0.05, 0.1) is 68.1 Å². The number of hydrogen-bond acceptors (Lipinski definition) is 14. The van der Waals surface area contributed by atoms with E-state index < -0.39 is 29.3 Å². The van der Waals surface area contributed by atoms with Crippen molar-refractivity contribution in [3.05, 3.63) is 263 Å². The number of carbonyl (C=O) groups excluding carboxylic acids is 2. The maximum absolute atomic E-state index is 12.7. The Morgan fingerprint density at radius 2 is 0.636 bits per heavy atom. The molecule has 2 atom stereocenters. The second-order valence-corrected chi connectivity index (χ2v) is 20.0. The maximum atomic E-state index is 12.7. The second kappa shape index (κ2) is 29.9. The van der Waals surface area contributed by atoms with Gasteiger partial charge in [-0.3, -0.25) is 19.0 Å². The van der Waals surface area contributed by atoms with Gasteiger partial charge >= 0.3 is 51.4 Å². The minimum absolute atomic E-state index is 0. The summed E-state index contributed by atoms with van der Waals surface area (Å²) in [5.74, 6) is 2.89. The molecule has 0 radical (unpaired) electrons. The normalized spacial score (nSPS) is 11.8. The number of ether oxygens (including phenoxy) is 8. The minimum atomic E-state index is -1.29. The average molecular weight is 1210 g/mol. The van der Waals surface area contributed by atoms with Crippen LogP contribution in [0.15, 0.2) is 219 Å². The quantitative estimate of drug-likeness (QED) is 0.0342. The third-order valence-corrected chi connectivity index (χ3v) is 15.5. The van der Waals surface area contributed by atoms with Gasteiger partial charge in [-0.2, -0.15) is 10.2 Å². The molecule has 88 heavy (non-hydrogen) atoms. The van der Waals surface area contributed by atoms with Crippen molar-refractivity contribution in [1.29, 1.82) is 0 Å². The van der Waals surface area contributed by atoms with Gasteiger partial charge < -0.3 is 47.8 Å². The van der Waals surface area contributed by atoms with Gasteiger partial charge in [0.1, 0.15) is 51.7 Å². The summed E-state index contributed by atoms with van der Waals surface area (Å²) >= 11 is 0. The van der Waals surface area contributed by atoms with E-state index in [1.165, 1.54) is 21.3 Å². The number of hydrogen-bond donors (Lipinski definition) is 0. The number of amides is 1. The summed E-state index contributed by atoms with van der Waals surface area (Å²) in [6, 6.07) is 62.7. The second-order valence-electron chi connectivity index (χ2n) is 20.0. The molecule has 0 saturated carbocycles. The van der Waals surface area contributed by atoms with E-state index in [2.05, 4.69) is 36.4 Å². The Morgan fingerprint density at radius 3 is 0.852 bits per heavy atom. The molecule has 0 aliphatic carbocycles. The van der Waals surface area contributed by atoms with Crippen molar-refractivity contribution < 1.29 is 109 Å². The van der Waals surface area contributed by atoms with Crippen molar-refractivity contribution >= 4 is 11.9 Å². The van der Waals surface area contributed by atoms with Crippen molar-refractivity contribution in [3.8, 4) is 56.8 Å². The number of carbonyl (C=O) groups is 2. The Kier molecular flexibility index (Phi) is 22.2. The summed E-state index contributed by atoms with van der Waals surface area (Å²) in [5, 5.41) is 22.5. The van der Waals surface area contributed by atoms with Crippen molar-refractivity contribution in [2.24, 2.45) is 0 Å². The summed E-state index contributed by atoms with van der Waals surface area (Å²) in [6.07, 6.45) is 5.73.